The average Bonchev–Trinajstić information content (AvgIpc) is 2.98. The summed E-state index contributed by atoms with van der Waals surface area (Å²) in [6.07, 6.45) is 6.43. The maximum Gasteiger partial charge on any atom is 0.180 e. The van der Waals surface area contributed by atoms with Gasteiger partial charge in [0.05, 0.1) is 10.7 Å². The van der Waals surface area contributed by atoms with Gasteiger partial charge >= 0.3 is 0 Å². The topological polar surface area (TPSA) is 55.1 Å². The van der Waals surface area contributed by atoms with E-state index in [1.807, 2.05) is 23.7 Å². The molecule has 3 rings (SSSR count). The Bertz CT molecular complexity index is 705. The van der Waals surface area contributed by atoms with Crippen molar-refractivity contribution in [1.29, 1.82) is 0 Å². The predicted octanol–water partition coefficient (Wildman–Crippen LogP) is 2.91. The molecule has 5 nitrogen and oxygen atoms in total. The van der Waals surface area contributed by atoms with Crippen LogP contribution < -0.4 is 5.32 Å². The number of aromatic nitrogens is 4. The van der Waals surface area contributed by atoms with Crippen LogP contribution in [0, 0.1) is 6.92 Å². The number of thiazole rings is 1. The number of rotatable bonds is 4. The molecule has 98 valence electrons. The van der Waals surface area contributed by atoms with Crippen molar-refractivity contribution in [3.05, 3.63) is 39.3 Å². The molecule has 3 aromatic rings. The molecule has 1 N–H and O–H groups in total. The highest BCUT2D eigenvalue weighted by Crippen LogP contribution is 2.17. The van der Waals surface area contributed by atoms with Crippen LogP contribution in [0.3, 0.4) is 0 Å². The summed E-state index contributed by atoms with van der Waals surface area (Å²) in [5.74, 6) is 0.784. The summed E-state index contributed by atoms with van der Waals surface area (Å²) in [7, 11) is 0. The molecule has 0 radical (unpaired) electrons. The van der Waals surface area contributed by atoms with Crippen molar-refractivity contribution in [3.63, 3.8) is 0 Å². The van der Waals surface area contributed by atoms with Crippen LogP contribution in [0.1, 0.15) is 10.7 Å². The van der Waals surface area contributed by atoms with E-state index in [2.05, 4.69) is 41.6 Å². The van der Waals surface area contributed by atoms with Gasteiger partial charge in [0.25, 0.3) is 0 Å². The van der Waals surface area contributed by atoms with Crippen LogP contribution in [0.2, 0.25) is 0 Å². The summed E-state index contributed by atoms with van der Waals surface area (Å²) in [6, 6.07) is 0. The SMILES string of the molecule is Cc1nc(CCNc2nc(Br)cn3ccnc23)cs1. The van der Waals surface area contributed by atoms with Crippen LogP contribution in [-0.4, -0.2) is 25.9 Å². The number of nitrogens with one attached hydrogen (secondary N) is 1. The van der Waals surface area contributed by atoms with Crippen LogP contribution in [0.25, 0.3) is 5.65 Å². The number of hydrogen-bond acceptors (Lipinski definition) is 5. The number of anilines is 1. The average molecular weight is 338 g/mol. The van der Waals surface area contributed by atoms with Crippen LogP contribution in [0.5, 0.6) is 0 Å². The Labute approximate surface area is 122 Å². The maximum absolute atomic E-state index is 4.44. The van der Waals surface area contributed by atoms with Gasteiger partial charge in [0.15, 0.2) is 11.5 Å². The van der Waals surface area contributed by atoms with E-state index in [0.29, 0.717) is 0 Å². The normalized spacial score (nSPS) is 11.1. The molecule has 0 atom stereocenters. The van der Waals surface area contributed by atoms with Gasteiger partial charge in [-0.3, -0.25) is 0 Å². The molecule has 0 aliphatic rings. The monoisotopic (exact) mass is 337 g/mol. The first-order valence-corrected chi connectivity index (χ1v) is 7.54. The molecule has 3 aromatic heterocycles. The second-order valence-corrected chi connectivity index (χ2v) is 5.98. The van der Waals surface area contributed by atoms with Crippen molar-refractivity contribution < 1.29 is 0 Å². The minimum absolute atomic E-state index is 0.782. The fraction of sp³-hybridized carbons (Fsp3) is 0.250. The number of nitrogens with zero attached hydrogens (tertiary/aromatic N) is 4. The van der Waals surface area contributed by atoms with E-state index in [-0.39, 0.29) is 0 Å². The van der Waals surface area contributed by atoms with Crippen LogP contribution in [0.15, 0.2) is 28.6 Å². The molecule has 0 amide bonds. The van der Waals surface area contributed by atoms with E-state index in [1.165, 1.54) is 0 Å². The quantitative estimate of drug-likeness (QED) is 0.795. The largest absolute Gasteiger partial charge is 0.367 e. The van der Waals surface area contributed by atoms with Gasteiger partial charge in [0.1, 0.15) is 4.60 Å². The molecule has 0 saturated heterocycles. The van der Waals surface area contributed by atoms with E-state index < -0.39 is 0 Å². The first kappa shape index (κ1) is 12.6. The smallest absolute Gasteiger partial charge is 0.180 e. The zero-order chi connectivity index (χ0) is 13.2. The first-order chi connectivity index (χ1) is 9.22. The molecular weight excluding hydrogens is 326 g/mol. The molecule has 0 aromatic carbocycles. The highest BCUT2D eigenvalue weighted by molar-refractivity contribution is 9.10. The summed E-state index contributed by atoms with van der Waals surface area (Å²) in [4.78, 5) is 13.1. The summed E-state index contributed by atoms with van der Waals surface area (Å²) >= 11 is 5.08. The van der Waals surface area contributed by atoms with Crippen molar-refractivity contribution in [2.24, 2.45) is 0 Å². The van der Waals surface area contributed by atoms with Crippen molar-refractivity contribution in [2.45, 2.75) is 13.3 Å². The number of imidazole rings is 1. The fourth-order valence-electron chi connectivity index (χ4n) is 1.85. The lowest BCUT2D eigenvalue weighted by atomic mass is 10.3. The number of halogens is 1. The molecule has 7 heteroatoms. The molecule has 0 spiro atoms. The summed E-state index contributed by atoms with van der Waals surface area (Å²) in [5, 5.41) is 6.51. The molecule has 0 unspecified atom stereocenters. The Morgan fingerprint density at radius 2 is 2.32 bits per heavy atom. The Kier molecular flexibility index (Phi) is 3.48. The van der Waals surface area contributed by atoms with Crippen molar-refractivity contribution >= 4 is 38.7 Å². The number of fused-ring (bicyclic) bond motifs is 1. The Morgan fingerprint density at radius 3 is 3.11 bits per heavy atom. The lowest BCUT2D eigenvalue weighted by Crippen LogP contribution is -2.08. The van der Waals surface area contributed by atoms with Gasteiger partial charge in [-0.2, -0.15) is 0 Å². The Balaban J connectivity index is 1.73. The van der Waals surface area contributed by atoms with Crippen molar-refractivity contribution in [3.8, 4) is 0 Å². The van der Waals surface area contributed by atoms with E-state index in [4.69, 9.17) is 0 Å². The highest BCUT2D eigenvalue weighted by atomic mass is 79.9. The molecule has 0 saturated carbocycles. The lowest BCUT2D eigenvalue weighted by Gasteiger charge is -2.06. The Hall–Kier alpha value is -1.47. The fourth-order valence-corrected chi connectivity index (χ4v) is 2.90. The summed E-state index contributed by atoms with van der Waals surface area (Å²) in [6.45, 7) is 2.81. The van der Waals surface area contributed by atoms with E-state index in [1.54, 1.807) is 17.5 Å². The van der Waals surface area contributed by atoms with E-state index in [0.717, 1.165) is 39.7 Å². The van der Waals surface area contributed by atoms with Gasteiger partial charge < -0.3 is 9.72 Å². The summed E-state index contributed by atoms with van der Waals surface area (Å²) in [5.41, 5.74) is 1.95. The van der Waals surface area contributed by atoms with E-state index in [9.17, 15) is 0 Å². The first-order valence-electron chi connectivity index (χ1n) is 5.86. The molecule has 0 bridgehead atoms. The predicted molar refractivity (Wildman–Crippen MR) is 79.7 cm³/mol. The van der Waals surface area contributed by atoms with E-state index >= 15 is 0 Å². The second kappa shape index (κ2) is 5.26. The molecular formula is C12H12BrN5S. The minimum atomic E-state index is 0.782. The van der Waals surface area contributed by atoms with Gasteiger partial charge in [-0.05, 0) is 22.9 Å². The zero-order valence-corrected chi connectivity index (χ0v) is 12.7. The Morgan fingerprint density at radius 1 is 1.42 bits per heavy atom. The molecule has 0 fully saturated rings. The molecule has 19 heavy (non-hydrogen) atoms. The molecule has 0 aliphatic heterocycles. The zero-order valence-electron chi connectivity index (χ0n) is 10.3. The number of aryl methyl sites for hydroxylation is 1. The third kappa shape index (κ3) is 2.76. The highest BCUT2D eigenvalue weighted by Gasteiger charge is 2.06. The van der Waals surface area contributed by atoms with Crippen LogP contribution in [0.4, 0.5) is 5.82 Å². The van der Waals surface area contributed by atoms with Crippen molar-refractivity contribution in [1.82, 2.24) is 19.4 Å². The third-order valence-electron chi connectivity index (χ3n) is 2.68. The van der Waals surface area contributed by atoms with Crippen molar-refractivity contribution in [2.75, 3.05) is 11.9 Å². The maximum atomic E-state index is 4.44. The van der Waals surface area contributed by atoms with Crippen LogP contribution >= 0.6 is 27.3 Å². The summed E-state index contributed by atoms with van der Waals surface area (Å²) < 4.78 is 2.72. The molecule has 3 heterocycles. The van der Waals surface area contributed by atoms with Gasteiger partial charge in [0.2, 0.25) is 0 Å². The third-order valence-corrected chi connectivity index (χ3v) is 3.89. The standard InChI is InChI=1S/C12H12BrN5S/c1-8-16-9(7-19-8)2-3-14-11-12-15-4-5-18(12)6-10(13)17-11/h4-7H,2-3H2,1H3,(H,14,17). The van der Waals surface area contributed by atoms with Gasteiger partial charge in [-0.25, -0.2) is 15.0 Å². The van der Waals surface area contributed by atoms with Gasteiger partial charge in [0, 0.05) is 36.9 Å². The second-order valence-electron chi connectivity index (χ2n) is 4.10. The van der Waals surface area contributed by atoms with Gasteiger partial charge in [-0.15, -0.1) is 11.3 Å². The lowest BCUT2D eigenvalue weighted by molar-refractivity contribution is 0.954. The molecule has 0 aliphatic carbocycles. The van der Waals surface area contributed by atoms with Crippen LogP contribution in [-0.2, 0) is 6.42 Å². The number of hydrogen-bond donors (Lipinski definition) is 1. The minimum Gasteiger partial charge on any atom is -0.367 e. The van der Waals surface area contributed by atoms with Gasteiger partial charge in [-0.1, -0.05) is 0 Å².